The van der Waals surface area contributed by atoms with Crippen molar-refractivity contribution in [2.24, 2.45) is 0 Å². The molecule has 2 amide bonds. The van der Waals surface area contributed by atoms with Gasteiger partial charge in [-0.3, -0.25) is 9.88 Å². The zero-order valence-corrected chi connectivity index (χ0v) is 16.1. The van der Waals surface area contributed by atoms with Gasteiger partial charge in [0.1, 0.15) is 0 Å². The van der Waals surface area contributed by atoms with E-state index in [1.54, 1.807) is 12.3 Å². The Morgan fingerprint density at radius 1 is 1.21 bits per heavy atom. The molecule has 2 heterocycles. The topological polar surface area (TPSA) is 57.3 Å². The fraction of sp³-hybridized carbons (Fsp3) is 0.273. The molecule has 0 saturated carbocycles. The maximum atomic E-state index is 13.4. The lowest BCUT2D eigenvalue weighted by atomic mass is 10.1. The summed E-state index contributed by atoms with van der Waals surface area (Å²) >= 11 is 0. The van der Waals surface area contributed by atoms with Gasteiger partial charge >= 0.3 is 6.03 Å². The van der Waals surface area contributed by atoms with E-state index < -0.39 is 11.6 Å². The number of likely N-dealkylation sites (tertiary alicyclic amines) is 1. The Bertz CT molecular complexity index is 1060. The van der Waals surface area contributed by atoms with Crippen LogP contribution < -0.4 is 10.6 Å². The average Bonchev–Trinajstić information content (AvgIpc) is 3.12. The first-order valence-electron chi connectivity index (χ1n) is 9.57. The van der Waals surface area contributed by atoms with E-state index in [4.69, 9.17) is 0 Å². The van der Waals surface area contributed by atoms with Gasteiger partial charge in [0, 0.05) is 48.3 Å². The van der Waals surface area contributed by atoms with E-state index in [1.165, 1.54) is 6.07 Å². The van der Waals surface area contributed by atoms with Crippen molar-refractivity contribution in [3.63, 3.8) is 0 Å². The highest BCUT2D eigenvalue weighted by atomic mass is 19.2. The third kappa shape index (κ3) is 4.51. The highest BCUT2D eigenvalue weighted by molar-refractivity contribution is 6.01. The number of aromatic nitrogens is 1. The van der Waals surface area contributed by atoms with E-state index in [-0.39, 0.29) is 12.1 Å². The van der Waals surface area contributed by atoms with Crippen LogP contribution in [0, 0.1) is 18.6 Å². The number of nitrogens with zero attached hydrogens (tertiary/aromatic N) is 2. The minimum absolute atomic E-state index is 0.00123. The van der Waals surface area contributed by atoms with Crippen molar-refractivity contribution in [3.8, 4) is 0 Å². The van der Waals surface area contributed by atoms with Gasteiger partial charge in [0.05, 0.1) is 5.69 Å². The summed E-state index contributed by atoms with van der Waals surface area (Å²) in [5.74, 6) is -1.68. The number of carbonyl (C=O) groups excluding carboxylic acids is 1. The first-order chi connectivity index (χ1) is 14.0. The largest absolute Gasteiger partial charge is 0.334 e. The summed E-state index contributed by atoms with van der Waals surface area (Å²) in [6.07, 6.45) is 2.59. The lowest BCUT2D eigenvalue weighted by Gasteiger charge is -2.17. The molecule has 0 bridgehead atoms. The van der Waals surface area contributed by atoms with E-state index in [9.17, 15) is 13.6 Å². The number of rotatable bonds is 4. The van der Waals surface area contributed by atoms with Gasteiger partial charge in [0.15, 0.2) is 11.6 Å². The zero-order valence-electron chi connectivity index (χ0n) is 16.1. The number of carbonyl (C=O) groups is 1. The molecule has 4 rings (SSSR count). The SMILES string of the molecule is Cc1cc2c(NC(=O)NC3CCN(Cc4ccc(F)c(F)c4)C3)cccc2cn1. The van der Waals surface area contributed by atoms with Crippen LogP contribution in [0.3, 0.4) is 0 Å². The van der Waals surface area contributed by atoms with E-state index in [0.29, 0.717) is 18.7 Å². The zero-order chi connectivity index (χ0) is 20.4. The lowest BCUT2D eigenvalue weighted by Crippen LogP contribution is -2.39. The van der Waals surface area contributed by atoms with Crippen LogP contribution in [-0.4, -0.2) is 35.0 Å². The summed E-state index contributed by atoms with van der Waals surface area (Å²) in [5.41, 5.74) is 2.34. The molecular formula is C22H22F2N4O. The fourth-order valence-electron chi connectivity index (χ4n) is 3.72. The summed E-state index contributed by atoms with van der Waals surface area (Å²) < 4.78 is 26.5. The van der Waals surface area contributed by atoms with Crippen molar-refractivity contribution >= 4 is 22.5 Å². The third-order valence-corrected chi connectivity index (χ3v) is 5.15. The Morgan fingerprint density at radius 3 is 2.90 bits per heavy atom. The Kier molecular flexibility index (Phi) is 5.40. The fourth-order valence-corrected chi connectivity index (χ4v) is 3.72. The number of nitrogens with one attached hydrogen (secondary N) is 2. The second-order valence-corrected chi connectivity index (χ2v) is 7.42. The number of hydrogen-bond donors (Lipinski definition) is 2. The highest BCUT2D eigenvalue weighted by Crippen LogP contribution is 2.23. The van der Waals surface area contributed by atoms with Gasteiger partial charge in [-0.05, 0) is 43.2 Å². The number of urea groups is 1. The first-order valence-corrected chi connectivity index (χ1v) is 9.57. The van der Waals surface area contributed by atoms with Crippen LogP contribution in [-0.2, 0) is 6.54 Å². The maximum absolute atomic E-state index is 13.4. The Hall–Kier alpha value is -3.06. The van der Waals surface area contributed by atoms with Gasteiger partial charge in [0.25, 0.3) is 0 Å². The molecule has 1 aliphatic heterocycles. The molecule has 5 nitrogen and oxygen atoms in total. The van der Waals surface area contributed by atoms with Crippen molar-refractivity contribution < 1.29 is 13.6 Å². The van der Waals surface area contributed by atoms with Crippen LogP contribution in [0.4, 0.5) is 19.3 Å². The smallest absolute Gasteiger partial charge is 0.319 e. The Labute approximate surface area is 167 Å². The molecule has 1 fully saturated rings. The monoisotopic (exact) mass is 396 g/mol. The summed E-state index contributed by atoms with van der Waals surface area (Å²) in [5, 5.41) is 7.84. The molecule has 1 aliphatic rings. The molecule has 3 aromatic rings. The lowest BCUT2D eigenvalue weighted by molar-refractivity contribution is 0.247. The van der Waals surface area contributed by atoms with Gasteiger partial charge < -0.3 is 10.6 Å². The second-order valence-electron chi connectivity index (χ2n) is 7.42. The second kappa shape index (κ2) is 8.13. The number of benzene rings is 2. The summed E-state index contributed by atoms with van der Waals surface area (Å²) in [6, 6.07) is 11.3. The molecule has 1 atom stereocenters. The Balaban J connectivity index is 1.35. The van der Waals surface area contributed by atoms with E-state index in [2.05, 4.69) is 20.5 Å². The molecule has 1 saturated heterocycles. The van der Waals surface area contributed by atoms with Gasteiger partial charge in [-0.2, -0.15) is 0 Å². The summed E-state index contributed by atoms with van der Waals surface area (Å²) in [4.78, 5) is 18.9. The van der Waals surface area contributed by atoms with Crippen LogP contribution in [0.1, 0.15) is 17.7 Å². The van der Waals surface area contributed by atoms with Gasteiger partial charge in [-0.1, -0.05) is 18.2 Å². The van der Waals surface area contributed by atoms with Crippen molar-refractivity contribution in [3.05, 3.63) is 71.6 Å². The van der Waals surface area contributed by atoms with Crippen molar-refractivity contribution in [2.75, 3.05) is 18.4 Å². The molecule has 2 N–H and O–H groups in total. The number of amides is 2. The first kappa shape index (κ1) is 19.3. The molecule has 2 aromatic carbocycles. The van der Waals surface area contributed by atoms with Crippen LogP contribution >= 0.6 is 0 Å². The number of fused-ring (bicyclic) bond motifs is 1. The van der Waals surface area contributed by atoms with Crippen LogP contribution in [0.25, 0.3) is 10.8 Å². The predicted molar refractivity (Wildman–Crippen MR) is 109 cm³/mol. The minimum atomic E-state index is -0.842. The van der Waals surface area contributed by atoms with E-state index >= 15 is 0 Å². The van der Waals surface area contributed by atoms with Gasteiger partial charge in [-0.25, -0.2) is 13.6 Å². The van der Waals surface area contributed by atoms with Gasteiger partial charge in [-0.15, -0.1) is 0 Å². The van der Waals surface area contributed by atoms with Crippen molar-refractivity contribution in [1.82, 2.24) is 15.2 Å². The number of halogens is 2. The van der Waals surface area contributed by atoms with Crippen molar-refractivity contribution in [1.29, 1.82) is 0 Å². The molecule has 0 spiro atoms. The molecule has 1 aromatic heterocycles. The predicted octanol–water partition coefficient (Wildman–Crippen LogP) is 4.22. The molecule has 150 valence electrons. The minimum Gasteiger partial charge on any atom is -0.334 e. The maximum Gasteiger partial charge on any atom is 0.319 e. The van der Waals surface area contributed by atoms with Crippen LogP contribution in [0.15, 0.2) is 48.7 Å². The molecule has 0 aliphatic carbocycles. The molecule has 0 radical (unpaired) electrons. The highest BCUT2D eigenvalue weighted by Gasteiger charge is 2.24. The third-order valence-electron chi connectivity index (χ3n) is 5.15. The number of hydrogen-bond acceptors (Lipinski definition) is 3. The van der Waals surface area contributed by atoms with Crippen LogP contribution in [0.2, 0.25) is 0 Å². The molecule has 1 unspecified atom stereocenters. The van der Waals surface area contributed by atoms with Crippen molar-refractivity contribution in [2.45, 2.75) is 25.9 Å². The number of pyridine rings is 1. The van der Waals surface area contributed by atoms with Crippen LogP contribution in [0.5, 0.6) is 0 Å². The standard InChI is InChI=1S/C22H22F2N4O/c1-14-9-18-16(11-25-14)3-2-4-21(18)27-22(29)26-17-7-8-28(13-17)12-15-5-6-19(23)20(24)10-15/h2-6,9-11,17H,7-8,12-13H2,1H3,(H2,26,27,29). The summed E-state index contributed by atoms with van der Waals surface area (Å²) in [7, 11) is 0. The molecular weight excluding hydrogens is 374 g/mol. The summed E-state index contributed by atoms with van der Waals surface area (Å²) in [6.45, 7) is 3.87. The normalized spacial score (nSPS) is 16.9. The van der Waals surface area contributed by atoms with E-state index in [1.807, 2.05) is 31.2 Å². The molecule has 7 heteroatoms. The number of aryl methyl sites for hydroxylation is 1. The Morgan fingerprint density at radius 2 is 2.07 bits per heavy atom. The van der Waals surface area contributed by atoms with Gasteiger partial charge in [0.2, 0.25) is 0 Å². The average molecular weight is 396 g/mol. The van der Waals surface area contributed by atoms with E-state index in [0.717, 1.165) is 41.2 Å². The quantitative estimate of drug-likeness (QED) is 0.694. The molecule has 29 heavy (non-hydrogen) atoms. The number of anilines is 1.